The van der Waals surface area contributed by atoms with Crippen LogP contribution in [0.5, 0.6) is 0 Å². The predicted molar refractivity (Wildman–Crippen MR) is 158 cm³/mol. The summed E-state index contributed by atoms with van der Waals surface area (Å²) in [5.74, 6) is -0.674. The number of thiazole rings is 1. The molecule has 0 radical (unpaired) electrons. The maximum Gasteiger partial charge on any atom is 0.328 e. The van der Waals surface area contributed by atoms with E-state index in [0.29, 0.717) is 30.5 Å². The SMILES string of the molecule is CC(C)c1csc(CCc2ccn3c(=O)c(/C=C/C(=O)O)c(N4CCCC(C(=O)NC(C)N(C)C)C4)nc3c2)n1. The van der Waals surface area contributed by atoms with Gasteiger partial charge >= 0.3 is 5.97 Å². The third-order valence-electron chi connectivity index (χ3n) is 7.31. The molecule has 214 valence electrons. The van der Waals surface area contributed by atoms with E-state index in [0.717, 1.165) is 48.0 Å². The van der Waals surface area contributed by atoms with Crippen LogP contribution in [0.15, 0.2) is 34.6 Å². The molecule has 1 amide bonds. The zero-order valence-electron chi connectivity index (χ0n) is 23.8. The van der Waals surface area contributed by atoms with Crippen molar-refractivity contribution in [3.8, 4) is 0 Å². The topological polar surface area (TPSA) is 120 Å². The van der Waals surface area contributed by atoms with Crippen LogP contribution in [-0.4, -0.2) is 69.6 Å². The number of pyridine rings is 1. The lowest BCUT2D eigenvalue weighted by Crippen LogP contribution is -2.49. The molecule has 0 aromatic carbocycles. The number of hydrogen-bond acceptors (Lipinski definition) is 8. The Labute approximate surface area is 238 Å². The highest BCUT2D eigenvalue weighted by molar-refractivity contribution is 7.09. The van der Waals surface area contributed by atoms with Crippen LogP contribution in [0.1, 0.15) is 61.4 Å². The van der Waals surface area contributed by atoms with Gasteiger partial charge in [0.15, 0.2) is 0 Å². The Bertz CT molecular complexity index is 1460. The van der Waals surface area contributed by atoms with Gasteiger partial charge in [0, 0.05) is 37.2 Å². The van der Waals surface area contributed by atoms with E-state index in [-0.39, 0.29) is 29.1 Å². The molecule has 2 N–H and O–H groups in total. The minimum absolute atomic E-state index is 0.0452. The summed E-state index contributed by atoms with van der Waals surface area (Å²) in [5, 5.41) is 15.5. The van der Waals surface area contributed by atoms with Gasteiger partial charge in [-0.25, -0.2) is 14.8 Å². The highest BCUT2D eigenvalue weighted by atomic mass is 32.1. The van der Waals surface area contributed by atoms with Crippen LogP contribution in [0.4, 0.5) is 5.82 Å². The van der Waals surface area contributed by atoms with Crippen molar-refractivity contribution in [2.75, 3.05) is 32.1 Å². The van der Waals surface area contributed by atoms with Gasteiger partial charge in [-0.15, -0.1) is 11.3 Å². The van der Waals surface area contributed by atoms with Crippen molar-refractivity contribution in [3.63, 3.8) is 0 Å². The number of carbonyl (C=O) groups excluding carboxylic acids is 1. The highest BCUT2D eigenvalue weighted by Gasteiger charge is 2.29. The maximum atomic E-state index is 13.6. The average molecular weight is 567 g/mol. The predicted octanol–water partition coefficient (Wildman–Crippen LogP) is 3.40. The summed E-state index contributed by atoms with van der Waals surface area (Å²) in [4.78, 5) is 51.3. The molecular weight excluding hydrogens is 528 g/mol. The molecule has 2 atom stereocenters. The Hall–Kier alpha value is -3.57. The molecule has 1 saturated heterocycles. The number of aliphatic carboxylic acids is 1. The van der Waals surface area contributed by atoms with E-state index in [1.54, 1.807) is 17.5 Å². The smallest absolute Gasteiger partial charge is 0.328 e. The van der Waals surface area contributed by atoms with Crippen molar-refractivity contribution in [1.29, 1.82) is 0 Å². The van der Waals surface area contributed by atoms with E-state index < -0.39 is 5.97 Å². The van der Waals surface area contributed by atoms with Crippen LogP contribution >= 0.6 is 11.3 Å². The third-order valence-corrected chi connectivity index (χ3v) is 8.24. The number of fused-ring (bicyclic) bond motifs is 1. The fraction of sp³-hybridized carbons (Fsp3) is 0.483. The van der Waals surface area contributed by atoms with Gasteiger partial charge in [0.05, 0.1) is 28.3 Å². The first-order valence-corrected chi connectivity index (χ1v) is 14.5. The molecule has 3 aromatic rings. The van der Waals surface area contributed by atoms with Crippen LogP contribution in [0.2, 0.25) is 0 Å². The number of rotatable bonds is 10. The van der Waals surface area contributed by atoms with Gasteiger partial charge in [0.1, 0.15) is 11.5 Å². The summed E-state index contributed by atoms with van der Waals surface area (Å²) in [6, 6.07) is 3.80. The number of carboxylic acid groups (broad SMARTS) is 1. The summed E-state index contributed by atoms with van der Waals surface area (Å²) in [5.41, 5.74) is 2.46. The number of amides is 1. The van der Waals surface area contributed by atoms with E-state index >= 15 is 0 Å². The summed E-state index contributed by atoms with van der Waals surface area (Å²) in [6.45, 7) is 7.19. The fourth-order valence-electron chi connectivity index (χ4n) is 4.67. The maximum absolute atomic E-state index is 13.6. The van der Waals surface area contributed by atoms with E-state index in [1.165, 1.54) is 10.5 Å². The lowest BCUT2D eigenvalue weighted by Gasteiger charge is -2.34. The standard InChI is InChI=1S/C29H38N6O4S/c1-18(2)23-17-40-25(31-23)10-8-20-12-14-35-24(15-20)32-27(22(29(35)39)9-11-26(36)37)34-13-6-7-21(16-34)28(38)30-19(3)33(4)5/h9,11-12,14-15,17-19,21H,6-8,10,13,16H2,1-5H3,(H,30,38)(H,36,37)/b11-9+. The largest absolute Gasteiger partial charge is 0.478 e. The number of anilines is 1. The first kappa shape index (κ1) is 29.4. The van der Waals surface area contributed by atoms with Crippen LogP contribution in [0.3, 0.4) is 0 Å². The van der Waals surface area contributed by atoms with E-state index in [2.05, 4.69) is 24.5 Å². The second-order valence-electron chi connectivity index (χ2n) is 10.8. The normalized spacial score (nSPS) is 16.8. The van der Waals surface area contributed by atoms with Crippen molar-refractivity contribution in [3.05, 3.63) is 62.0 Å². The van der Waals surface area contributed by atoms with E-state index in [1.807, 2.05) is 43.0 Å². The number of aryl methyl sites for hydroxylation is 2. The van der Waals surface area contributed by atoms with Crippen LogP contribution in [-0.2, 0) is 22.4 Å². The van der Waals surface area contributed by atoms with Gasteiger partial charge < -0.3 is 15.3 Å². The number of hydrogen-bond donors (Lipinski definition) is 2. The molecule has 40 heavy (non-hydrogen) atoms. The summed E-state index contributed by atoms with van der Waals surface area (Å²) < 4.78 is 1.45. The number of carbonyl (C=O) groups is 2. The summed E-state index contributed by atoms with van der Waals surface area (Å²) >= 11 is 1.66. The molecule has 4 rings (SSSR count). The first-order valence-electron chi connectivity index (χ1n) is 13.7. The summed E-state index contributed by atoms with van der Waals surface area (Å²) in [6.07, 6.45) is 6.87. The number of nitrogens with zero attached hydrogens (tertiary/aromatic N) is 5. The van der Waals surface area contributed by atoms with Gasteiger partial charge in [-0.2, -0.15) is 0 Å². The van der Waals surface area contributed by atoms with Crippen molar-refractivity contribution in [1.82, 2.24) is 24.6 Å². The minimum Gasteiger partial charge on any atom is -0.478 e. The molecule has 2 unspecified atom stereocenters. The molecule has 1 fully saturated rings. The van der Waals surface area contributed by atoms with Crippen molar-refractivity contribution >= 4 is 40.8 Å². The van der Waals surface area contributed by atoms with Crippen LogP contribution < -0.4 is 15.8 Å². The molecule has 0 spiro atoms. The van der Waals surface area contributed by atoms with Crippen molar-refractivity contribution in [2.45, 2.75) is 58.5 Å². The van der Waals surface area contributed by atoms with Gasteiger partial charge in [0.25, 0.3) is 5.56 Å². The molecule has 0 aliphatic carbocycles. The molecule has 3 aromatic heterocycles. The number of carboxylic acids is 1. The molecule has 0 bridgehead atoms. The number of aromatic nitrogens is 3. The van der Waals surface area contributed by atoms with Gasteiger partial charge in [0.2, 0.25) is 5.91 Å². The molecular formula is C29H38N6O4S. The third kappa shape index (κ3) is 6.95. The molecule has 1 aliphatic rings. The zero-order valence-corrected chi connectivity index (χ0v) is 24.6. The van der Waals surface area contributed by atoms with Gasteiger partial charge in [-0.05, 0) is 70.0 Å². The second-order valence-corrected chi connectivity index (χ2v) is 11.8. The Morgan fingerprint density at radius 1 is 1.25 bits per heavy atom. The molecule has 4 heterocycles. The van der Waals surface area contributed by atoms with Crippen molar-refractivity contribution < 1.29 is 14.7 Å². The Morgan fingerprint density at radius 2 is 2.02 bits per heavy atom. The Kier molecular flexibility index (Phi) is 9.36. The average Bonchev–Trinajstić information content (AvgIpc) is 3.40. The lowest BCUT2D eigenvalue weighted by molar-refractivity contribution is -0.131. The molecule has 11 heteroatoms. The van der Waals surface area contributed by atoms with E-state index in [9.17, 15) is 19.5 Å². The Balaban J connectivity index is 1.65. The highest BCUT2D eigenvalue weighted by Crippen LogP contribution is 2.26. The van der Waals surface area contributed by atoms with Crippen LogP contribution in [0, 0.1) is 5.92 Å². The zero-order chi connectivity index (χ0) is 29.0. The quantitative estimate of drug-likeness (QED) is 0.283. The molecule has 10 nitrogen and oxygen atoms in total. The fourth-order valence-corrected chi connectivity index (χ4v) is 5.63. The summed E-state index contributed by atoms with van der Waals surface area (Å²) in [7, 11) is 3.81. The molecule has 1 aliphatic heterocycles. The van der Waals surface area contributed by atoms with Crippen LogP contribution in [0.25, 0.3) is 11.7 Å². The molecule has 0 saturated carbocycles. The monoisotopic (exact) mass is 566 g/mol. The second kappa shape index (κ2) is 12.7. The van der Waals surface area contributed by atoms with Crippen molar-refractivity contribution in [2.24, 2.45) is 5.92 Å². The van der Waals surface area contributed by atoms with E-state index in [4.69, 9.17) is 9.97 Å². The minimum atomic E-state index is -1.15. The Morgan fingerprint density at radius 3 is 2.70 bits per heavy atom. The number of nitrogens with one attached hydrogen (secondary N) is 1. The number of piperidine rings is 1. The van der Waals surface area contributed by atoms with Gasteiger partial charge in [-0.1, -0.05) is 13.8 Å². The first-order chi connectivity index (χ1) is 19.0. The lowest BCUT2D eigenvalue weighted by atomic mass is 9.96. The van der Waals surface area contributed by atoms with Gasteiger partial charge in [-0.3, -0.25) is 18.9 Å².